The third kappa shape index (κ3) is 6.11. The molecule has 0 aliphatic heterocycles. The Labute approximate surface area is 187 Å². The van der Waals surface area contributed by atoms with E-state index in [0.29, 0.717) is 25.1 Å². The fourth-order valence-electron chi connectivity index (χ4n) is 3.26. The summed E-state index contributed by atoms with van der Waals surface area (Å²) in [5.74, 6) is -1.07. The third-order valence-corrected chi connectivity index (χ3v) is 5.00. The van der Waals surface area contributed by atoms with Gasteiger partial charge in [0.05, 0.1) is 11.8 Å². The molecular formula is C27H27F2NO2. The Morgan fingerprint density at radius 3 is 2.44 bits per heavy atom. The predicted octanol–water partition coefficient (Wildman–Crippen LogP) is 6.82. The summed E-state index contributed by atoms with van der Waals surface area (Å²) >= 11 is 0. The van der Waals surface area contributed by atoms with Gasteiger partial charge in [0.15, 0.2) is 11.6 Å². The Hall–Kier alpha value is -3.31. The molecule has 1 heterocycles. The highest BCUT2D eigenvalue weighted by Crippen LogP contribution is 2.28. The van der Waals surface area contributed by atoms with Crippen molar-refractivity contribution >= 4 is 6.08 Å². The van der Waals surface area contributed by atoms with Gasteiger partial charge in [-0.25, -0.2) is 8.78 Å². The summed E-state index contributed by atoms with van der Waals surface area (Å²) in [6.07, 6.45) is 8.49. The molecule has 0 amide bonds. The van der Waals surface area contributed by atoms with E-state index in [1.165, 1.54) is 0 Å². The van der Waals surface area contributed by atoms with Crippen LogP contribution in [0.5, 0.6) is 5.75 Å². The van der Waals surface area contributed by atoms with Crippen molar-refractivity contribution in [1.82, 2.24) is 4.98 Å². The van der Waals surface area contributed by atoms with E-state index in [2.05, 4.69) is 11.6 Å². The van der Waals surface area contributed by atoms with E-state index in [0.717, 1.165) is 23.3 Å². The van der Waals surface area contributed by atoms with Crippen LogP contribution in [0.25, 0.3) is 28.5 Å². The van der Waals surface area contributed by atoms with Crippen molar-refractivity contribution in [3.8, 4) is 28.1 Å². The van der Waals surface area contributed by atoms with Crippen molar-refractivity contribution in [1.29, 1.82) is 0 Å². The zero-order chi connectivity index (χ0) is 22.9. The Morgan fingerprint density at radius 2 is 1.78 bits per heavy atom. The number of aliphatic hydroxyl groups excluding tert-OH is 1. The standard InChI is InChI=1S/C27H27F2NO2/c1-3-17-32-23-13-9-20(10-14-23)22-12-16-25(30-18-22)24-15-11-21(26(28)27(24)29)8-6-4-5-7-19(2)31/h3,6,8-16,18-19,31H,1,4-5,7,17H2,2H3. The molecule has 1 unspecified atom stereocenters. The number of allylic oxidation sites excluding steroid dienone is 1. The van der Waals surface area contributed by atoms with E-state index in [9.17, 15) is 13.9 Å². The van der Waals surface area contributed by atoms with E-state index in [4.69, 9.17) is 4.74 Å². The van der Waals surface area contributed by atoms with E-state index in [-0.39, 0.29) is 17.2 Å². The maximum Gasteiger partial charge on any atom is 0.168 e. The summed E-state index contributed by atoms with van der Waals surface area (Å²) in [6, 6.07) is 14.2. The van der Waals surface area contributed by atoms with Crippen molar-refractivity contribution in [2.24, 2.45) is 0 Å². The number of halogens is 2. The van der Waals surface area contributed by atoms with Crippen LogP contribution in [0, 0.1) is 11.6 Å². The van der Waals surface area contributed by atoms with Gasteiger partial charge in [-0.1, -0.05) is 49.1 Å². The smallest absolute Gasteiger partial charge is 0.168 e. The van der Waals surface area contributed by atoms with Crippen LogP contribution in [0.1, 0.15) is 31.7 Å². The van der Waals surface area contributed by atoms with Crippen LogP contribution in [-0.2, 0) is 0 Å². The van der Waals surface area contributed by atoms with E-state index in [1.54, 1.807) is 49.5 Å². The quantitative estimate of drug-likeness (QED) is 0.281. The highest BCUT2D eigenvalue weighted by Gasteiger charge is 2.14. The van der Waals surface area contributed by atoms with Gasteiger partial charge in [-0.2, -0.15) is 0 Å². The number of benzene rings is 2. The Kier molecular flexibility index (Phi) is 8.28. The van der Waals surface area contributed by atoms with Crippen LogP contribution in [0.15, 0.2) is 73.5 Å². The molecule has 0 saturated heterocycles. The number of aliphatic hydroxyl groups is 1. The van der Waals surface area contributed by atoms with E-state index in [1.807, 2.05) is 30.3 Å². The highest BCUT2D eigenvalue weighted by molar-refractivity contribution is 5.68. The molecule has 2 aromatic carbocycles. The van der Waals surface area contributed by atoms with Crippen molar-refractivity contribution in [3.63, 3.8) is 0 Å². The SMILES string of the molecule is C=CCOc1ccc(-c2ccc(-c3ccc(C=CCCCC(C)O)c(F)c3F)nc2)cc1. The first-order valence-electron chi connectivity index (χ1n) is 10.6. The second kappa shape index (κ2) is 11.3. The Morgan fingerprint density at radius 1 is 1.03 bits per heavy atom. The molecule has 0 radical (unpaired) electrons. The average molecular weight is 436 g/mol. The molecule has 0 spiro atoms. The van der Waals surface area contributed by atoms with Gasteiger partial charge in [-0.05, 0) is 56.0 Å². The van der Waals surface area contributed by atoms with Crippen molar-refractivity contribution in [2.45, 2.75) is 32.3 Å². The second-order valence-corrected chi connectivity index (χ2v) is 7.57. The van der Waals surface area contributed by atoms with Crippen LogP contribution in [0.2, 0.25) is 0 Å². The molecule has 3 nitrogen and oxygen atoms in total. The third-order valence-electron chi connectivity index (χ3n) is 5.00. The molecule has 1 N–H and O–H groups in total. The lowest BCUT2D eigenvalue weighted by atomic mass is 10.0. The van der Waals surface area contributed by atoms with Gasteiger partial charge in [0.25, 0.3) is 0 Å². The molecule has 5 heteroatoms. The minimum atomic E-state index is -0.917. The molecule has 3 aromatic rings. The summed E-state index contributed by atoms with van der Waals surface area (Å²) in [4.78, 5) is 4.34. The van der Waals surface area contributed by atoms with Gasteiger partial charge in [0, 0.05) is 22.9 Å². The molecule has 1 atom stereocenters. The molecule has 0 fully saturated rings. The highest BCUT2D eigenvalue weighted by atomic mass is 19.2. The molecular weight excluding hydrogens is 408 g/mol. The van der Waals surface area contributed by atoms with Crippen molar-refractivity contribution < 1.29 is 18.6 Å². The molecule has 3 rings (SSSR count). The van der Waals surface area contributed by atoms with E-state index < -0.39 is 11.6 Å². The minimum Gasteiger partial charge on any atom is -0.490 e. The fourth-order valence-corrected chi connectivity index (χ4v) is 3.26. The van der Waals surface area contributed by atoms with Gasteiger partial charge in [-0.3, -0.25) is 4.98 Å². The summed E-state index contributed by atoms with van der Waals surface area (Å²) < 4.78 is 34.7. The molecule has 0 bridgehead atoms. The zero-order valence-corrected chi connectivity index (χ0v) is 18.1. The lowest BCUT2D eigenvalue weighted by Gasteiger charge is -2.08. The summed E-state index contributed by atoms with van der Waals surface area (Å²) in [5, 5.41) is 9.26. The van der Waals surface area contributed by atoms with Gasteiger partial charge in [0.2, 0.25) is 0 Å². The number of aromatic nitrogens is 1. The first-order chi connectivity index (χ1) is 15.5. The summed E-state index contributed by atoms with van der Waals surface area (Å²) in [5.41, 5.74) is 2.48. The van der Waals surface area contributed by atoms with Crippen LogP contribution < -0.4 is 4.74 Å². The first-order valence-corrected chi connectivity index (χ1v) is 10.6. The van der Waals surface area contributed by atoms with Crippen LogP contribution in [0.3, 0.4) is 0 Å². The molecule has 166 valence electrons. The molecule has 0 aliphatic carbocycles. The van der Waals surface area contributed by atoms with Gasteiger partial charge in [0.1, 0.15) is 12.4 Å². The number of rotatable bonds is 10. The normalized spacial score (nSPS) is 12.1. The predicted molar refractivity (Wildman–Crippen MR) is 125 cm³/mol. The van der Waals surface area contributed by atoms with Gasteiger partial charge >= 0.3 is 0 Å². The zero-order valence-electron chi connectivity index (χ0n) is 18.1. The van der Waals surface area contributed by atoms with Crippen LogP contribution in [-0.4, -0.2) is 22.8 Å². The number of nitrogens with zero attached hydrogens (tertiary/aromatic N) is 1. The Balaban J connectivity index is 1.72. The van der Waals surface area contributed by atoms with Gasteiger partial charge < -0.3 is 9.84 Å². The first kappa shape index (κ1) is 23.4. The second-order valence-electron chi connectivity index (χ2n) is 7.57. The minimum absolute atomic E-state index is 0.119. The van der Waals surface area contributed by atoms with Crippen LogP contribution >= 0.6 is 0 Å². The van der Waals surface area contributed by atoms with Crippen LogP contribution in [0.4, 0.5) is 8.78 Å². The van der Waals surface area contributed by atoms with Crippen molar-refractivity contribution in [2.75, 3.05) is 6.61 Å². The maximum atomic E-state index is 14.7. The topological polar surface area (TPSA) is 42.4 Å². The maximum absolute atomic E-state index is 14.7. The number of unbranched alkanes of at least 4 members (excludes halogenated alkanes) is 1. The molecule has 0 saturated carbocycles. The summed E-state index contributed by atoms with van der Waals surface area (Å²) in [6.45, 7) is 5.79. The lowest BCUT2D eigenvalue weighted by Crippen LogP contribution is -1.97. The largest absolute Gasteiger partial charge is 0.490 e. The number of hydrogen-bond donors (Lipinski definition) is 1. The fraction of sp³-hybridized carbons (Fsp3) is 0.222. The Bertz CT molecular complexity index is 1060. The summed E-state index contributed by atoms with van der Waals surface area (Å²) in [7, 11) is 0. The van der Waals surface area contributed by atoms with Gasteiger partial charge in [-0.15, -0.1) is 0 Å². The number of ether oxygens (including phenoxy) is 1. The molecule has 32 heavy (non-hydrogen) atoms. The lowest BCUT2D eigenvalue weighted by molar-refractivity contribution is 0.182. The molecule has 0 aliphatic rings. The number of pyridine rings is 1. The average Bonchev–Trinajstić information content (AvgIpc) is 2.80. The van der Waals surface area contributed by atoms with Crippen molar-refractivity contribution in [3.05, 3.63) is 90.7 Å². The number of hydrogen-bond acceptors (Lipinski definition) is 3. The van der Waals surface area contributed by atoms with E-state index >= 15 is 0 Å². The molecule has 1 aromatic heterocycles. The monoisotopic (exact) mass is 435 g/mol.